The van der Waals surface area contributed by atoms with Gasteiger partial charge >= 0.3 is 0 Å². The Morgan fingerprint density at radius 1 is 1.19 bits per heavy atom. The summed E-state index contributed by atoms with van der Waals surface area (Å²) in [6.07, 6.45) is 0.684. The highest BCUT2D eigenvalue weighted by Crippen LogP contribution is 2.24. The van der Waals surface area contributed by atoms with Gasteiger partial charge in [0.25, 0.3) is 0 Å². The molecule has 106 valence electrons. The number of Topliss-reactive ketones (excluding diaryl/α,β-unsaturated/α-hetero) is 1. The van der Waals surface area contributed by atoms with Gasteiger partial charge in [-0.25, -0.2) is 0 Å². The minimum atomic E-state index is -0.0234. The number of carbonyl (C=O) groups excluding carboxylic acids is 2. The third-order valence-corrected chi connectivity index (χ3v) is 3.58. The molecular weight excluding hydrogens is 266 g/mol. The lowest BCUT2D eigenvalue weighted by atomic mass is 10.0. The second-order valence-corrected chi connectivity index (χ2v) is 5.04. The van der Waals surface area contributed by atoms with Gasteiger partial charge in [0, 0.05) is 17.7 Å². The van der Waals surface area contributed by atoms with Crippen LogP contribution in [0.3, 0.4) is 0 Å². The lowest BCUT2D eigenvalue weighted by molar-refractivity contribution is -0.115. The van der Waals surface area contributed by atoms with E-state index in [1.807, 2.05) is 24.3 Å². The van der Waals surface area contributed by atoms with Crippen molar-refractivity contribution in [1.82, 2.24) is 0 Å². The summed E-state index contributed by atoms with van der Waals surface area (Å²) < 4.78 is 5.10. The molecule has 1 N–H and O–H groups in total. The molecule has 1 heterocycles. The maximum atomic E-state index is 12.3. The lowest BCUT2D eigenvalue weighted by Crippen LogP contribution is -2.04. The first kappa shape index (κ1) is 13.4. The summed E-state index contributed by atoms with van der Waals surface area (Å²) >= 11 is 0. The predicted molar refractivity (Wildman–Crippen MR) is 79.8 cm³/mol. The Morgan fingerprint density at radius 2 is 1.95 bits per heavy atom. The number of benzene rings is 2. The first-order valence-corrected chi connectivity index (χ1v) is 6.74. The molecule has 2 aromatic carbocycles. The van der Waals surface area contributed by atoms with Crippen LogP contribution in [0.25, 0.3) is 0 Å². The summed E-state index contributed by atoms with van der Waals surface area (Å²) in [6.45, 7) is 0. The van der Waals surface area contributed by atoms with Crippen LogP contribution in [0.4, 0.5) is 5.69 Å². The molecule has 0 bridgehead atoms. The molecule has 21 heavy (non-hydrogen) atoms. The molecular formula is C17H15NO3. The van der Waals surface area contributed by atoms with Crippen LogP contribution in [-0.2, 0) is 17.6 Å². The van der Waals surface area contributed by atoms with Crippen molar-refractivity contribution in [2.24, 2.45) is 0 Å². The first-order chi connectivity index (χ1) is 10.2. The minimum absolute atomic E-state index is 0.0234. The number of ether oxygens (including phenoxy) is 1. The average molecular weight is 281 g/mol. The van der Waals surface area contributed by atoms with E-state index in [4.69, 9.17) is 4.74 Å². The summed E-state index contributed by atoms with van der Waals surface area (Å²) in [5.74, 6) is 0.792. The molecule has 0 aromatic heterocycles. The highest BCUT2D eigenvalue weighted by molar-refractivity contribution is 6.02. The number of nitrogens with one attached hydrogen (secondary N) is 1. The topological polar surface area (TPSA) is 55.4 Å². The van der Waals surface area contributed by atoms with E-state index in [0.29, 0.717) is 18.4 Å². The zero-order valence-electron chi connectivity index (χ0n) is 11.7. The van der Waals surface area contributed by atoms with Crippen molar-refractivity contribution in [3.8, 4) is 5.75 Å². The zero-order valence-corrected chi connectivity index (χ0v) is 11.7. The number of ketones is 1. The van der Waals surface area contributed by atoms with Crippen molar-refractivity contribution in [3.63, 3.8) is 0 Å². The number of hydrogen-bond acceptors (Lipinski definition) is 3. The molecule has 4 nitrogen and oxygen atoms in total. The molecule has 1 aliphatic heterocycles. The molecule has 0 fully saturated rings. The fourth-order valence-corrected chi connectivity index (χ4v) is 2.43. The van der Waals surface area contributed by atoms with E-state index in [-0.39, 0.29) is 11.7 Å². The van der Waals surface area contributed by atoms with E-state index in [0.717, 1.165) is 22.6 Å². The van der Waals surface area contributed by atoms with Gasteiger partial charge in [0.15, 0.2) is 5.78 Å². The number of anilines is 1. The van der Waals surface area contributed by atoms with E-state index in [1.54, 1.807) is 25.3 Å². The Morgan fingerprint density at radius 3 is 2.67 bits per heavy atom. The Balaban J connectivity index is 1.76. The van der Waals surface area contributed by atoms with Crippen molar-refractivity contribution in [2.45, 2.75) is 12.8 Å². The van der Waals surface area contributed by atoms with Crippen LogP contribution < -0.4 is 10.1 Å². The third kappa shape index (κ3) is 2.79. The summed E-state index contributed by atoms with van der Waals surface area (Å²) in [4.78, 5) is 23.6. The molecule has 1 aliphatic rings. The molecule has 0 unspecified atom stereocenters. The van der Waals surface area contributed by atoms with Crippen molar-refractivity contribution < 1.29 is 14.3 Å². The van der Waals surface area contributed by atoms with Crippen LogP contribution >= 0.6 is 0 Å². The van der Waals surface area contributed by atoms with Crippen LogP contribution in [0, 0.1) is 0 Å². The van der Waals surface area contributed by atoms with Crippen molar-refractivity contribution >= 4 is 17.4 Å². The van der Waals surface area contributed by atoms with Gasteiger partial charge in [-0.1, -0.05) is 12.1 Å². The molecule has 0 saturated carbocycles. The molecule has 1 amide bonds. The van der Waals surface area contributed by atoms with Gasteiger partial charge < -0.3 is 10.1 Å². The molecule has 0 atom stereocenters. The average Bonchev–Trinajstić information content (AvgIpc) is 2.87. The largest absolute Gasteiger partial charge is 0.497 e. The molecule has 0 radical (unpaired) electrons. The fraction of sp³-hybridized carbons (Fsp3) is 0.176. The highest BCUT2D eigenvalue weighted by Gasteiger charge is 2.19. The number of rotatable bonds is 4. The molecule has 0 saturated heterocycles. The Hall–Kier alpha value is -2.62. The SMILES string of the molecule is COc1ccc(CC(=O)c2ccc3c(c2)CC(=O)N3)cc1. The van der Waals surface area contributed by atoms with E-state index in [2.05, 4.69) is 5.32 Å². The van der Waals surface area contributed by atoms with Crippen molar-refractivity contribution in [2.75, 3.05) is 12.4 Å². The van der Waals surface area contributed by atoms with Crippen molar-refractivity contribution in [1.29, 1.82) is 0 Å². The standard InChI is InChI=1S/C17H15NO3/c1-21-14-5-2-11(3-6-14)8-16(19)12-4-7-15-13(9-12)10-17(20)18-15/h2-7,9H,8,10H2,1H3,(H,18,20). The van der Waals surface area contributed by atoms with Gasteiger partial charge in [0.2, 0.25) is 5.91 Å². The maximum Gasteiger partial charge on any atom is 0.228 e. The van der Waals surface area contributed by atoms with E-state index in [9.17, 15) is 9.59 Å². The Labute approximate surface area is 122 Å². The Kier molecular flexibility index (Phi) is 3.44. The minimum Gasteiger partial charge on any atom is -0.497 e. The lowest BCUT2D eigenvalue weighted by Gasteiger charge is -2.05. The van der Waals surface area contributed by atoms with E-state index in [1.165, 1.54) is 0 Å². The van der Waals surface area contributed by atoms with E-state index < -0.39 is 0 Å². The van der Waals surface area contributed by atoms with Crippen LogP contribution in [-0.4, -0.2) is 18.8 Å². The maximum absolute atomic E-state index is 12.3. The van der Waals surface area contributed by atoms with Gasteiger partial charge in [-0.3, -0.25) is 9.59 Å². The quantitative estimate of drug-likeness (QED) is 0.876. The number of hydrogen-bond donors (Lipinski definition) is 1. The highest BCUT2D eigenvalue weighted by atomic mass is 16.5. The van der Waals surface area contributed by atoms with Gasteiger partial charge in [0.1, 0.15) is 5.75 Å². The normalized spacial score (nSPS) is 12.7. The second kappa shape index (κ2) is 5.40. The van der Waals surface area contributed by atoms with Crippen LogP contribution in [0.5, 0.6) is 5.75 Å². The van der Waals surface area contributed by atoms with Gasteiger partial charge in [-0.2, -0.15) is 0 Å². The fourth-order valence-electron chi connectivity index (χ4n) is 2.43. The van der Waals surface area contributed by atoms with Gasteiger partial charge in [-0.15, -0.1) is 0 Å². The molecule has 4 heteroatoms. The second-order valence-electron chi connectivity index (χ2n) is 5.04. The zero-order chi connectivity index (χ0) is 14.8. The summed E-state index contributed by atoms with van der Waals surface area (Å²) in [6, 6.07) is 12.8. The smallest absolute Gasteiger partial charge is 0.228 e. The number of amides is 1. The molecule has 0 spiro atoms. The summed E-state index contributed by atoms with van der Waals surface area (Å²) in [5, 5.41) is 2.76. The molecule has 0 aliphatic carbocycles. The van der Waals surface area contributed by atoms with Crippen LogP contribution in [0.15, 0.2) is 42.5 Å². The summed E-state index contributed by atoms with van der Waals surface area (Å²) in [7, 11) is 1.61. The van der Waals surface area contributed by atoms with Crippen molar-refractivity contribution in [3.05, 3.63) is 59.2 Å². The van der Waals surface area contributed by atoms with Crippen LogP contribution in [0.1, 0.15) is 21.5 Å². The number of carbonyl (C=O) groups is 2. The number of fused-ring (bicyclic) bond motifs is 1. The van der Waals surface area contributed by atoms with Crippen LogP contribution in [0.2, 0.25) is 0 Å². The number of methoxy groups -OCH3 is 1. The monoisotopic (exact) mass is 281 g/mol. The van der Waals surface area contributed by atoms with Gasteiger partial charge in [-0.05, 0) is 41.5 Å². The predicted octanol–water partition coefficient (Wildman–Crippen LogP) is 2.62. The Bertz CT molecular complexity index is 704. The first-order valence-electron chi connectivity index (χ1n) is 6.74. The van der Waals surface area contributed by atoms with Gasteiger partial charge in [0.05, 0.1) is 13.5 Å². The third-order valence-electron chi connectivity index (χ3n) is 3.58. The summed E-state index contributed by atoms with van der Waals surface area (Å²) in [5.41, 5.74) is 3.28. The molecule has 3 rings (SSSR count). The molecule has 2 aromatic rings. The van der Waals surface area contributed by atoms with E-state index >= 15 is 0 Å².